The summed E-state index contributed by atoms with van der Waals surface area (Å²) in [4.78, 5) is 27.3. The number of carbonyl (C=O) groups is 1. The molecule has 0 radical (unpaired) electrons. The normalized spacial score (nSPS) is 16.4. The van der Waals surface area contributed by atoms with Gasteiger partial charge in [0.25, 0.3) is 5.91 Å². The Morgan fingerprint density at radius 1 is 1.30 bits per heavy atom. The van der Waals surface area contributed by atoms with Crippen molar-refractivity contribution in [1.29, 1.82) is 5.26 Å². The van der Waals surface area contributed by atoms with Crippen molar-refractivity contribution in [3.8, 4) is 11.9 Å². The molecule has 4 heterocycles. The molecule has 3 aromatic heterocycles. The Kier molecular flexibility index (Phi) is 5.79. The number of ether oxygens (including phenoxy) is 1. The van der Waals surface area contributed by atoms with Crippen LogP contribution in [0.15, 0.2) is 45.6 Å². The van der Waals surface area contributed by atoms with Crippen LogP contribution >= 0.6 is 23.1 Å². The molecule has 1 N–H and O–H groups in total. The van der Waals surface area contributed by atoms with Gasteiger partial charge in [-0.1, -0.05) is 6.07 Å². The lowest BCUT2D eigenvalue weighted by molar-refractivity contribution is -0.115. The van der Waals surface area contributed by atoms with E-state index < -0.39 is 0 Å². The first-order valence-electron chi connectivity index (χ1n) is 9.18. The van der Waals surface area contributed by atoms with E-state index in [1.54, 1.807) is 35.6 Å². The first kappa shape index (κ1) is 20.1. The molecule has 30 heavy (non-hydrogen) atoms. The molecule has 0 atom stereocenters. The third-order valence-electron chi connectivity index (χ3n) is 4.01. The van der Waals surface area contributed by atoms with Crippen LogP contribution in [0.25, 0.3) is 17.1 Å². The van der Waals surface area contributed by atoms with Crippen LogP contribution in [0.3, 0.4) is 0 Å². The highest BCUT2D eigenvalue weighted by Crippen LogP contribution is 2.27. The summed E-state index contributed by atoms with van der Waals surface area (Å²) < 4.78 is 5.62. The number of hydrogen-bond donors (Lipinski definition) is 1. The number of amidine groups is 1. The second kappa shape index (κ2) is 8.65. The molecule has 1 aliphatic rings. The standard InChI is InChI=1S/C21H17N5O2S2/c1-12(2)28-20-13(10-22)8-17-16(25-20)6-5-14(24-17)9-18-19(27)26-21(30-18)23-11-15-4-3-7-29-15/h3-9,12H,11H2,1-2H3,(H,23,26,27). The molecular weight excluding hydrogens is 418 g/mol. The summed E-state index contributed by atoms with van der Waals surface area (Å²) in [5.41, 5.74) is 2.10. The minimum absolute atomic E-state index is 0.0902. The van der Waals surface area contributed by atoms with Gasteiger partial charge in [0, 0.05) is 4.88 Å². The van der Waals surface area contributed by atoms with Crippen LogP contribution in [0.1, 0.15) is 30.0 Å². The van der Waals surface area contributed by atoms with Gasteiger partial charge in [-0.05, 0) is 61.3 Å². The van der Waals surface area contributed by atoms with Gasteiger partial charge in [-0.2, -0.15) is 5.26 Å². The van der Waals surface area contributed by atoms with Gasteiger partial charge in [-0.25, -0.2) is 9.97 Å². The molecule has 150 valence electrons. The van der Waals surface area contributed by atoms with E-state index in [1.165, 1.54) is 11.8 Å². The number of aliphatic imine (C=N–C) groups is 1. The molecule has 4 rings (SSSR count). The zero-order valence-electron chi connectivity index (χ0n) is 16.2. The van der Waals surface area contributed by atoms with E-state index in [9.17, 15) is 10.1 Å². The van der Waals surface area contributed by atoms with Gasteiger partial charge in [-0.3, -0.25) is 9.79 Å². The maximum absolute atomic E-state index is 12.3. The molecule has 1 amide bonds. The van der Waals surface area contributed by atoms with E-state index in [0.717, 1.165) is 4.88 Å². The van der Waals surface area contributed by atoms with Gasteiger partial charge in [0.05, 0.1) is 34.3 Å². The Bertz CT molecular complexity index is 1210. The number of thioether (sulfide) groups is 1. The summed E-state index contributed by atoms with van der Waals surface area (Å²) in [6, 6.07) is 11.3. The van der Waals surface area contributed by atoms with Crippen LogP contribution in [-0.4, -0.2) is 27.1 Å². The van der Waals surface area contributed by atoms with Crippen molar-refractivity contribution in [3.05, 3.63) is 56.8 Å². The van der Waals surface area contributed by atoms with Crippen LogP contribution in [0.4, 0.5) is 0 Å². The summed E-state index contributed by atoms with van der Waals surface area (Å²) >= 11 is 2.91. The molecule has 1 aliphatic heterocycles. The largest absolute Gasteiger partial charge is 0.474 e. The fourth-order valence-electron chi connectivity index (χ4n) is 2.71. The Morgan fingerprint density at radius 2 is 2.17 bits per heavy atom. The van der Waals surface area contributed by atoms with E-state index in [1.807, 2.05) is 31.4 Å². The smallest absolute Gasteiger partial charge is 0.264 e. The molecule has 0 aliphatic carbocycles. The van der Waals surface area contributed by atoms with Crippen LogP contribution in [-0.2, 0) is 11.3 Å². The minimum Gasteiger partial charge on any atom is -0.474 e. The molecule has 0 spiro atoms. The average molecular weight is 436 g/mol. The van der Waals surface area contributed by atoms with Crippen molar-refractivity contribution in [2.45, 2.75) is 26.5 Å². The van der Waals surface area contributed by atoms with Crippen molar-refractivity contribution in [2.75, 3.05) is 0 Å². The van der Waals surface area contributed by atoms with E-state index in [0.29, 0.717) is 44.8 Å². The Labute approximate surface area is 181 Å². The second-order valence-corrected chi connectivity index (χ2v) is 8.72. The lowest BCUT2D eigenvalue weighted by Crippen LogP contribution is -2.19. The van der Waals surface area contributed by atoms with Gasteiger partial charge in [0.15, 0.2) is 5.17 Å². The maximum Gasteiger partial charge on any atom is 0.264 e. The third kappa shape index (κ3) is 4.50. The molecular formula is C21H17N5O2S2. The van der Waals surface area contributed by atoms with Gasteiger partial charge in [0.1, 0.15) is 11.6 Å². The number of thiophene rings is 1. The van der Waals surface area contributed by atoms with Crippen LogP contribution < -0.4 is 10.1 Å². The number of rotatable bonds is 5. The van der Waals surface area contributed by atoms with E-state index in [2.05, 4.69) is 26.3 Å². The highest BCUT2D eigenvalue weighted by atomic mass is 32.2. The molecule has 0 bridgehead atoms. The number of nitriles is 1. The number of carbonyl (C=O) groups excluding carboxylic acids is 1. The van der Waals surface area contributed by atoms with Crippen molar-refractivity contribution in [3.63, 3.8) is 0 Å². The highest BCUT2D eigenvalue weighted by molar-refractivity contribution is 8.18. The second-order valence-electron chi connectivity index (χ2n) is 6.66. The van der Waals surface area contributed by atoms with Crippen LogP contribution in [0.2, 0.25) is 0 Å². The lowest BCUT2D eigenvalue weighted by Gasteiger charge is -2.10. The van der Waals surface area contributed by atoms with Crippen molar-refractivity contribution >= 4 is 51.3 Å². The molecule has 0 unspecified atom stereocenters. The zero-order chi connectivity index (χ0) is 21.1. The van der Waals surface area contributed by atoms with Gasteiger partial charge < -0.3 is 10.1 Å². The summed E-state index contributed by atoms with van der Waals surface area (Å²) in [5, 5.41) is 14.7. The fourth-order valence-corrected chi connectivity index (χ4v) is 4.15. The van der Waals surface area contributed by atoms with Crippen LogP contribution in [0, 0.1) is 11.3 Å². The molecule has 9 heteroatoms. The van der Waals surface area contributed by atoms with E-state index >= 15 is 0 Å². The highest BCUT2D eigenvalue weighted by Gasteiger charge is 2.24. The Hall–Kier alpha value is -3.22. The van der Waals surface area contributed by atoms with Crippen LogP contribution in [0.5, 0.6) is 5.88 Å². The van der Waals surface area contributed by atoms with Crippen molar-refractivity contribution in [1.82, 2.24) is 15.3 Å². The summed E-state index contributed by atoms with van der Waals surface area (Å²) in [6.45, 7) is 4.29. The number of nitrogens with one attached hydrogen (secondary N) is 1. The van der Waals surface area contributed by atoms with Gasteiger partial charge in [0.2, 0.25) is 5.88 Å². The number of hydrogen-bond acceptors (Lipinski definition) is 8. The predicted octanol–water partition coefficient (Wildman–Crippen LogP) is 4.11. The van der Waals surface area contributed by atoms with E-state index in [-0.39, 0.29) is 12.0 Å². The van der Waals surface area contributed by atoms with Gasteiger partial charge >= 0.3 is 0 Å². The molecule has 1 saturated heterocycles. The zero-order valence-corrected chi connectivity index (χ0v) is 17.9. The first-order valence-corrected chi connectivity index (χ1v) is 10.9. The lowest BCUT2D eigenvalue weighted by atomic mass is 10.2. The number of aromatic nitrogens is 2. The quantitative estimate of drug-likeness (QED) is 0.606. The molecule has 0 aromatic carbocycles. The number of nitrogens with zero attached hydrogens (tertiary/aromatic N) is 4. The van der Waals surface area contributed by atoms with Crippen molar-refractivity contribution < 1.29 is 9.53 Å². The van der Waals surface area contributed by atoms with Crippen molar-refractivity contribution in [2.24, 2.45) is 4.99 Å². The number of fused-ring (bicyclic) bond motifs is 1. The third-order valence-corrected chi connectivity index (χ3v) is 5.82. The molecule has 3 aromatic rings. The SMILES string of the molecule is CC(C)Oc1nc2ccc(C=C3SC(=NCc4cccs4)NC3=O)nc2cc1C#N. The monoisotopic (exact) mass is 435 g/mol. The topological polar surface area (TPSA) is 100 Å². The first-order chi connectivity index (χ1) is 14.5. The molecule has 1 fully saturated rings. The number of amides is 1. The van der Waals surface area contributed by atoms with Gasteiger partial charge in [-0.15, -0.1) is 11.3 Å². The average Bonchev–Trinajstić information content (AvgIpc) is 3.35. The summed E-state index contributed by atoms with van der Waals surface area (Å²) in [7, 11) is 0. The van der Waals surface area contributed by atoms with E-state index in [4.69, 9.17) is 4.74 Å². The number of pyridine rings is 2. The fraction of sp³-hybridized carbons (Fsp3) is 0.190. The molecule has 7 nitrogen and oxygen atoms in total. The summed E-state index contributed by atoms with van der Waals surface area (Å²) in [5.74, 6) is 0.0913. The Morgan fingerprint density at radius 3 is 2.90 bits per heavy atom. The summed E-state index contributed by atoms with van der Waals surface area (Å²) in [6.07, 6.45) is 1.62. The molecule has 0 saturated carbocycles. The predicted molar refractivity (Wildman–Crippen MR) is 119 cm³/mol. The Balaban J connectivity index is 1.58. The maximum atomic E-state index is 12.3. The minimum atomic E-state index is -0.205.